The Kier molecular flexibility index (Phi) is 4.18. The van der Waals surface area contributed by atoms with Gasteiger partial charge >= 0.3 is 0 Å². The average molecular weight is 389 g/mol. The predicted molar refractivity (Wildman–Crippen MR) is 112 cm³/mol. The van der Waals surface area contributed by atoms with Gasteiger partial charge in [-0.25, -0.2) is 14.6 Å². The summed E-state index contributed by atoms with van der Waals surface area (Å²) in [4.78, 5) is 12.1. The second-order valence-corrected chi connectivity index (χ2v) is 6.91. The lowest BCUT2D eigenvalue weighted by Crippen LogP contribution is -2.07. The van der Waals surface area contributed by atoms with Crippen LogP contribution in [0.25, 0.3) is 27.6 Å². The fourth-order valence-electron chi connectivity index (χ4n) is 3.44. The van der Waals surface area contributed by atoms with Crippen molar-refractivity contribution in [2.75, 3.05) is 11.9 Å². The molecule has 0 saturated carbocycles. The van der Waals surface area contributed by atoms with Crippen LogP contribution in [0.4, 0.5) is 5.82 Å². The number of halogens is 1. The van der Waals surface area contributed by atoms with Gasteiger partial charge in [-0.05, 0) is 30.2 Å². The molecule has 7 heteroatoms. The summed E-state index contributed by atoms with van der Waals surface area (Å²) in [7, 11) is 0. The summed E-state index contributed by atoms with van der Waals surface area (Å²) in [6.45, 7) is 0.755. The van der Waals surface area contributed by atoms with Crippen LogP contribution in [0.5, 0.6) is 0 Å². The third-order valence-corrected chi connectivity index (χ3v) is 5.13. The molecule has 6 nitrogen and oxygen atoms in total. The van der Waals surface area contributed by atoms with E-state index >= 15 is 0 Å². The molecule has 0 amide bonds. The van der Waals surface area contributed by atoms with Crippen LogP contribution in [0, 0.1) is 0 Å². The van der Waals surface area contributed by atoms with Crippen LogP contribution in [0.3, 0.4) is 0 Å². The zero-order valence-electron chi connectivity index (χ0n) is 14.9. The van der Waals surface area contributed by atoms with Gasteiger partial charge in [0.1, 0.15) is 12.1 Å². The largest absolute Gasteiger partial charge is 0.369 e. The monoisotopic (exact) mass is 388 g/mol. The fourth-order valence-corrected chi connectivity index (χ4v) is 3.65. The second-order valence-electron chi connectivity index (χ2n) is 6.50. The summed E-state index contributed by atoms with van der Waals surface area (Å²) in [5, 5.41) is 10.6. The molecule has 0 fully saturated rings. The first-order valence-corrected chi connectivity index (χ1v) is 9.41. The minimum Gasteiger partial charge on any atom is -0.369 e. The van der Waals surface area contributed by atoms with E-state index in [4.69, 9.17) is 11.6 Å². The molecular weight excluding hydrogens is 372 g/mol. The van der Waals surface area contributed by atoms with Crippen LogP contribution in [-0.2, 0) is 6.42 Å². The smallest absolute Gasteiger partial charge is 0.168 e. The van der Waals surface area contributed by atoms with Gasteiger partial charge in [0.25, 0.3) is 0 Å². The quantitative estimate of drug-likeness (QED) is 0.461. The van der Waals surface area contributed by atoms with Crippen molar-refractivity contribution in [3.8, 4) is 5.69 Å². The maximum atomic E-state index is 6.32. The second kappa shape index (κ2) is 6.98. The van der Waals surface area contributed by atoms with E-state index in [0.29, 0.717) is 5.02 Å². The highest BCUT2D eigenvalue weighted by Crippen LogP contribution is 2.25. The number of hydrogen-bond acceptors (Lipinski definition) is 4. The lowest BCUT2D eigenvalue weighted by atomic mass is 10.1. The number of hydrogen-bond donors (Lipinski definition) is 2. The van der Waals surface area contributed by atoms with Crippen LogP contribution in [-0.4, -0.2) is 31.3 Å². The molecule has 3 aromatic heterocycles. The number of aromatic nitrogens is 5. The zero-order valence-corrected chi connectivity index (χ0v) is 15.7. The third-order valence-electron chi connectivity index (χ3n) is 4.81. The maximum Gasteiger partial charge on any atom is 0.168 e. The molecule has 0 spiro atoms. The number of fused-ring (bicyclic) bond motifs is 2. The minimum atomic E-state index is 0.625. The van der Waals surface area contributed by atoms with E-state index in [1.54, 1.807) is 17.2 Å². The van der Waals surface area contributed by atoms with Gasteiger partial charge in [0.2, 0.25) is 0 Å². The van der Waals surface area contributed by atoms with Crippen molar-refractivity contribution in [3.63, 3.8) is 0 Å². The maximum absolute atomic E-state index is 6.32. The highest BCUT2D eigenvalue weighted by atomic mass is 35.5. The standard InChI is InChI=1S/C21H17ClN6/c22-17-6-2-4-8-19(17)28-21-16(12-27-28)20(25-13-26-21)23-10-9-14-11-24-18-7-3-1-5-15(14)18/h1-8,11-13,24H,9-10H2,(H,23,25,26). The first-order chi connectivity index (χ1) is 13.8. The highest BCUT2D eigenvalue weighted by molar-refractivity contribution is 6.32. The van der Waals surface area contributed by atoms with Gasteiger partial charge in [0.15, 0.2) is 5.65 Å². The number of para-hydroxylation sites is 2. The molecule has 2 aromatic carbocycles. The molecule has 3 heterocycles. The molecule has 28 heavy (non-hydrogen) atoms. The summed E-state index contributed by atoms with van der Waals surface area (Å²) in [6, 6.07) is 15.9. The summed E-state index contributed by atoms with van der Waals surface area (Å²) in [5.74, 6) is 0.767. The Balaban J connectivity index is 1.40. The molecule has 0 radical (unpaired) electrons. The molecule has 2 N–H and O–H groups in total. The molecule has 0 aliphatic rings. The summed E-state index contributed by atoms with van der Waals surface area (Å²) >= 11 is 6.32. The van der Waals surface area contributed by atoms with Crippen molar-refractivity contribution in [1.82, 2.24) is 24.7 Å². The van der Waals surface area contributed by atoms with E-state index < -0.39 is 0 Å². The molecule has 5 aromatic rings. The predicted octanol–water partition coefficient (Wildman–Crippen LogP) is 4.60. The molecular formula is C21H17ClN6. The van der Waals surface area contributed by atoms with Crippen molar-refractivity contribution in [3.05, 3.63) is 77.8 Å². The SMILES string of the molecule is Clc1ccccc1-n1ncc2c(NCCc3c[nH]c4ccccc34)ncnc21. The van der Waals surface area contributed by atoms with E-state index in [1.165, 1.54) is 10.9 Å². The van der Waals surface area contributed by atoms with Crippen molar-refractivity contribution in [2.24, 2.45) is 0 Å². The number of anilines is 1. The molecule has 5 rings (SSSR count). The number of benzene rings is 2. The van der Waals surface area contributed by atoms with Gasteiger partial charge in [0, 0.05) is 23.6 Å². The number of nitrogens with zero attached hydrogens (tertiary/aromatic N) is 4. The van der Waals surface area contributed by atoms with Crippen LogP contribution in [0.2, 0.25) is 5.02 Å². The number of aromatic amines is 1. The van der Waals surface area contributed by atoms with Gasteiger partial charge in [-0.15, -0.1) is 0 Å². The summed E-state index contributed by atoms with van der Waals surface area (Å²) < 4.78 is 1.74. The van der Waals surface area contributed by atoms with Crippen LogP contribution in [0.1, 0.15) is 5.56 Å². The molecule has 0 unspecified atom stereocenters. The van der Waals surface area contributed by atoms with Gasteiger partial charge in [-0.1, -0.05) is 41.9 Å². The minimum absolute atomic E-state index is 0.625. The Labute approximate surface area is 166 Å². The molecule has 138 valence electrons. The Morgan fingerprint density at radius 3 is 2.79 bits per heavy atom. The first-order valence-electron chi connectivity index (χ1n) is 9.04. The normalized spacial score (nSPS) is 11.3. The highest BCUT2D eigenvalue weighted by Gasteiger charge is 2.13. The van der Waals surface area contributed by atoms with E-state index in [1.807, 2.05) is 30.3 Å². The average Bonchev–Trinajstić information content (AvgIpc) is 3.34. The van der Waals surface area contributed by atoms with Gasteiger partial charge in [0.05, 0.1) is 22.3 Å². The number of nitrogens with one attached hydrogen (secondary N) is 2. The van der Waals surface area contributed by atoms with Crippen LogP contribution in [0.15, 0.2) is 67.3 Å². The van der Waals surface area contributed by atoms with Gasteiger partial charge < -0.3 is 10.3 Å². The molecule has 0 atom stereocenters. The van der Waals surface area contributed by atoms with E-state index in [-0.39, 0.29) is 0 Å². The van der Waals surface area contributed by atoms with E-state index in [2.05, 4.69) is 49.8 Å². The number of rotatable bonds is 5. The Morgan fingerprint density at radius 1 is 1.00 bits per heavy atom. The summed E-state index contributed by atoms with van der Waals surface area (Å²) in [6.07, 6.45) is 6.27. The zero-order chi connectivity index (χ0) is 18.9. The lowest BCUT2D eigenvalue weighted by molar-refractivity contribution is 0.895. The third kappa shape index (κ3) is 2.88. The molecule has 0 aliphatic carbocycles. The van der Waals surface area contributed by atoms with Crippen molar-refractivity contribution < 1.29 is 0 Å². The first kappa shape index (κ1) is 16.8. The Hall–Kier alpha value is -3.38. The molecule has 0 saturated heterocycles. The Bertz CT molecular complexity index is 1270. The number of H-pyrrole nitrogens is 1. The van der Waals surface area contributed by atoms with Crippen LogP contribution < -0.4 is 5.32 Å². The summed E-state index contributed by atoms with van der Waals surface area (Å²) in [5.41, 5.74) is 3.95. The van der Waals surface area contributed by atoms with Crippen molar-refractivity contribution in [2.45, 2.75) is 6.42 Å². The fraction of sp³-hybridized carbons (Fsp3) is 0.0952. The van der Waals surface area contributed by atoms with Gasteiger partial charge in [-0.3, -0.25) is 0 Å². The van der Waals surface area contributed by atoms with Gasteiger partial charge in [-0.2, -0.15) is 5.10 Å². The van der Waals surface area contributed by atoms with Crippen LogP contribution >= 0.6 is 11.6 Å². The molecule has 0 bridgehead atoms. The Morgan fingerprint density at radius 2 is 1.86 bits per heavy atom. The van der Waals surface area contributed by atoms with E-state index in [9.17, 15) is 0 Å². The topological polar surface area (TPSA) is 71.4 Å². The molecule has 0 aliphatic heterocycles. The van der Waals surface area contributed by atoms with Crippen molar-refractivity contribution in [1.29, 1.82) is 0 Å². The van der Waals surface area contributed by atoms with E-state index in [0.717, 1.165) is 41.0 Å². The van der Waals surface area contributed by atoms with Crippen molar-refractivity contribution >= 4 is 39.4 Å². The lowest BCUT2D eigenvalue weighted by Gasteiger charge is -2.07.